The topological polar surface area (TPSA) is 50.4 Å². The molecule has 5 heteroatoms. The Labute approximate surface area is 118 Å². The van der Waals surface area contributed by atoms with Crippen LogP contribution in [0.4, 0.5) is 5.69 Å². The first-order valence-corrected chi connectivity index (χ1v) is 7.61. The lowest BCUT2D eigenvalue weighted by molar-refractivity contribution is -0.117. The van der Waals surface area contributed by atoms with E-state index in [0.29, 0.717) is 13.0 Å². The van der Waals surface area contributed by atoms with Crippen LogP contribution < -0.4 is 10.6 Å². The van der Waals surface area contributed by atoms with Crippen molar-refractivity contribution >= 4 is 23.4 Å². The number of ether oxygens (including phenoxy) is 1. The van der Waals surface area contributed by atoms with Gasteiger partial charge in [-0.2, -0.15) is 0 Å². The Balaban J connectivity index is 1.90. The molecule has 2 rings (SSSR count). The van der Waals surface area contributed by atoms with E-state index in [1.807, 2.05) is 24.3 Å². The van der Waals surface area contributed by atoms with E-state index in [0.717, 1.165) is 29.5 Å². The van der Waals surface area contributed by atoms with Gasteiger partial charge in [-0.05, 0) is 17.9 Å². The largest absolute Gasteiger partial charge is 0.378 e. The van der Waals surface area contributed by atoms with Crippen molar-refractivity contribution in [2.45, 2.75) is 24.3 Å². The van der Waals surface area contributed by atoms with Gasteiger partial charge in [0.15, 0.2) is 0 Å². The first kappa shape index (κ1) is 14.4. The summed E-state index contributed by atoms with van der Waals surface area (Å²) in [5.74, 6) is 1.03. The summed E-state index contributed by atoms with van der Waals surface area (Å²) in [6.45, 7) is 4.26. The molecule has 0 aromatic heterocycles. The second kappa shape index (κ2) is 7.53. The number of benzene rings is 1. The molecule has 2 N–H and O–H groups in total. The van der Waals surface area contributed by atoms with Crippen LogP contribution in [0.1, 0.15) is 13.3 Å². The Morgan fingerprint density at radius 3 is 3.11 bits per heavy atom. The number of hydrogen-bond acceptors (Lipinski definition) is 4. The van der Waals surface area contributed by atoms with Gasteiger partial charge in [0, 0.05) is 23.9 Å². The molecule has 0 aliphatic carbocycles. The zero-order chi connectivity index (χ0) is 13.5. The lowest BCUT2D eigenvalue weighted by Crippen LogP contribution is -2.43. The summed E-state index contributed by atoms with van der Waals surface area (Å²) in [7, 11) is 0. The van der Waals surface area contributed by atoms with Crippen LogP contribution in [0, 0.1) is 0 Å². The third-order valence-corrected chi connectivity index (χ3v) is 3.85. The van der Waals surface area contributed by atoms with Crippen molar-refractivity contribution in [3.63, 3.8) is 0 Å². The number of thioether (sulfide) groups is 1. The highest BCUT2D eigenvalue weighted by atomic mass is 32.2. The number of nitrogens with one attached hydrogen (secondary N) is 2. The molecule has 1 heterocycles. The van der Waals surface area contributed by atoms with E-state index in [1.54, 1.807) is 11.8 Å². The van der Waals surface area contributed by atoms with Gasteiger partial charge in [0.05, 0.1) is 18.9 Å². The van der Waals surface area contributed by atoms with Crippen LogP contribution >= 0.6 is 11.8 Å². The third kappa shape index (κ3) is 4.53. The van der Waals surface area contributed by atoms with Gasteiger partial charge in [-0.3, -0.25) is 4.79 Å². The highest BCUT2D eigenvalue weighted by Gasteiger charge is 2.17. The van der Waals surface area contributed by atoms with Gasteiger partial charge >= 0.3 is 0 Å². The molecular weight excluding hydrogens is 260 g/mol. The zero-order valence-electron chi connectivity index (χ0n) is 11.1. The van der Waals surface area contributed by atoms with E-state index in [2.05, 4.69) is 17.6 Å². The molecule has 19 heavy (non-hydrogen) atoms. The number of carbonyl (C=O) groups is 1. The van der Waals surface area contributed by atoms with Crippen molar-refractivity contribution in [3.05, 3.63) is 24.3 Å². The van der Waals surface area contributed by atoms with Crippen molar-refractivity contribution in [2.75, 3.05) is 30.8 Å². The van der Waals surface area contributed by atoms with E-state index in [9.17, 15) is 4.79 Å². The molecular formula is C14H20N2O2S. The molecule has 0 saturated carbocycles. The molecule has 0 radical (unpaired) electrons. The molecule has 1 aliphatic rings. The smallest absolute Gasteiger partial charge is 0.226 e. The number of hydrogen-bond donors (Lipinski definition) is 2. The molecule has 4 nitrogen and oxygen atoms in total. The van der Waals surface area contributed by atoms with E-state index in [-0.39, 0.29) is 11.9 Å². The van der Waals surface area contributed by atoms with Crippen molar-refractivity contribution in [1.29, 1.82) is 0 Å². The number of morpholine rings is 1. The van der Waals surface area contributed by atoms with E-state index < -0.39 is 0 Å². The lowest BCUT2D eigenvalue weighted by atomic mass is 10.2. The van der Waals surface area contributed by atoms with E-state index in [1.165, 1.54) is 0 Å². The average Bonchev–Trinajstić information content (AvgIpc) is 2.42. The van der Waals surface area contributed by atoms with Crippen LogP contribution in [0.25, 0.3) is 0 Å². The van der Waals surface area contributed by atoms with Gasteiger partial charge in [0.25, 0.3) is 0 Å². The van der Waals surface area contributed by atoms with Crippen LogP contribution in [0.15, 0.2) is 29.2 Å². The molecule has 0 spiro atoms. The minimum absolute atomic E-state index is 0.0344. The summed E-state index contributed by atoms with van der Waals surface area (Å²) in [4.78, 5) is 13.1. The summed E-state index contributed by atoms with van der Waals surface area (Å²) >= 11 is 1.73. The minimum Gasteiger partial charge on any atom is -0.378 e. The number of amides is 1. The maximum atomic E-state index is 12.0. The number of rotatable bonds is 5. The normalized spacial score (nSPS) is 19.1. The van der Waals surface area contributed by atoms with Crippen molar-refractivity contribution in [1.82, 2.24) is 5.32 Å². The minimum atomic E-state index is 0.0344. The first-order chi connectivity index (χ1) is 9.29. The fourth-order valence-electron chi connectivity index (χ4n) is 2.03. The number of anilines is 1. The maximum Gasteiger partial charge on any atom is 0.226 e. The van der Waals surface area contributed by atoms with Gasteiger partial charge in [0.2, 0.25) is 5.91 Å². The van der Waals surface area contributed by atoms with Gasteiger partial charge < -0.3 is 15.4 Å². The monoisotopic (exact) mass is 280 g/mol. The average molecular weight is 280 g/mol. The second-order valence-corrected chi connectivity index (χ2v) is 5.71. The Hall–Kier alpha value is -1.04. The molecule has 1 fully saturated rings. The predicted molar refractivity (Wildman–Crippen MR) is 78.7 cm³/mol. The summed E-state index contributed by atoms with van der Waals surface area (Å²) in [5.41, 5.74) is 0.899. The van der Waals surface area contributed by atoms with E-state index in [4.69, 9.17) is 4.74 Å². The van der Waals surface area contributed by atoms with Crippen LogP contribution in [-0.2, 0) is 9.53 Å². The Bertz CT molecular complexity index is 420. The summed E-state index contributed by atoms with van der Waals surface area (Å²) in [6, 6.07) is 8.04. The van der Waals surface area contributed by atoms with Gasteiger partial charge in [-0.15, -0.1) is 11.8 Å². The van der Waals surface area contributed by atoms with Crippen molar-refractivity contribution in [2.24, 2.45) is 0 Å². The molecule has 0 bridgehead atoms. The van der Waals surface area contributed by atoms with Crippen molar-refractivity contribution in [3.8, 4) is 0 Å². The third-order valence-electron chi connectivity index (χ3n) is 2.89. The fraction of sp³-hybridized carbons (Fsp3) is 0.500. The number of carbonyl (C=O) groups excluding carboxylic acids is 1. The maximum absolute atomic E-state index is 12.0. The fourth-order valence-corrected chi connectivity index (χ4v) is 2.79. The summed E-state index contributed by atoms with van der Waals surface area (Å²) in [6.07, 6.45) is 0.450. The molecule has 1 saturated heterocycles. The Morgan fingerprint density at radius 2 is 2.37 bits per heavy atom. The summed E-state index contributed by atoms with van der Waals surface area (Å²) < 4.78 is 5.35. The van der Waals surface area contributed by atoms with Crippen LogP contribution in [-0.4, -0.2) is 37.5 Å². The van der Waals surface area contributed by atoms with Crippen LogP contribution in [0.3, 0.4) is 0 Å². The van der Waals surface area contributed by atoms with Crippen LogP contribution in [0.2, 0.25) is 0 Å². The van der Waals surface area contributed by atoms with Crippen LogP contribution in [0.5, 0.6) is 0 Å². The highest BCUT2D eigenvalue weighted by Crippen LogP contribution is 2.26. The molecule has 1 aromatic carbocycles. The highest BCUT2D eigenvalue weighted by molar-refractivity contribution is 7.99. The van der Waals surface area contributed by atoms with Gasteiger partial charge in [0.1, 0.15) is 0 Å². The molecule has 1 amide bonds. The first-order valence-electron chi connectivity index (χ1n) is 6.62. The standard InChI is InChI=1S/C14H20N2O2S/c1-2-19-13-6-4-3-5-12(13)16-14(17)9-11-10-18-8-7-15-11/h3-6,11,15H,2,7-10H2,1H3,(H,16,17). The second-order valence-electron chi connectivity index (χ2n) is 4.41. The molecule has 1 unspecified atom stereocenters. The molecule has 1 aromatic rings. The lowest BCUT2D eigenvalue weighted by Gasteiger charge is -2.23. The zero-order valence-corrected chi connectivity index (χ0v) is 12.0. The molecule has 1 aliphatic heterocycles. The van der Waals surface area contributed by atoms with Gasteiger partial charge in [-0.1, -0.05) is 19.1 Å². The SMILES string of the molecule is CCSc1ccccc1NC(=O)CC1COCCN1. The van der Waals surface area contributed by atoms with E-state index >= 15 is 0 Å². The molecule has 1 atom stereocenters. The molecule has 104 valence electrons. The number of para-hydroxylation sites is 1. The van der Waals surface area contributed by atoms with Crippen molar-refractivity contribution < 1.29 is 9.53 Å². The van der Waals surface area contributed by atoms with Gasteiger partial charge in [-0.25, -0.2) is 0 Å². The predicted octanol–water partition coefficient (Wildman–Crippen LogP) is 2.12. The Kier molecular flexibility index (Phi) is 5.69. The quantitative estimate of drug-likeness (QED) is 0.811. The summed E-state index contributed by atoms with van der Waals surface area (Å²) in [5, 5.41) is 6.27. The Morgan fingerprint density at radius 1 is 1.53 bits per heavy atom.